The normalized spacial score (nSPS) is 11.7. The summed E-state index contributed by atoms with van der Waals surface area (Å²) in [6.07, 6.45) is 1.02. The first kappa shape index (κ1) is 26.5. The summed E-state index contributed by atoms with van der Waals surface area (Å²) < 4.78 is 32.9. The minimum atomic E-state index is -3.63. The van der Waals surface area contributed by atoms with E-state index in [1.807, 2.05) is 20.8 Å². The zero-order valence-corrected chi connectivity index (χ0v) is 21.5. The average Bonchev–Trinajstić information content (AvgIpc) is 3.13. The van der Waals surface area contributed by atoms with Crippen molar-refractivity contribution < 1.29 is 27.9 Å². The number of aromatic carboxylic acids is 1. The van der Waals surface area contributed by atoms with Gasteiger partial charge in [-0.1, -0.05) is 32.1 Å². The molecule has 1 amide bonds. The van der Waals surface area contributed by atoms with Gasteiger partial charge in [-0.15, -0.1) is 5.10 Å². The molecule has 0 saturated heterocycles. The number of benzene rings is 2. The molecule has 0 saturated carbocycles. The fourth-order valence-corrected chi connectivity index (χ4v) is 3.99. The van der Waals surface area contributed by atoms with Crippen LogP contribution in [0.25, 0.3) is 5.69 Å². The van der Waals surface area contributed by atoms with Crippen molar-refractivity contribution in [1.82, 2.24) is 15.0 Å². The van der Waals surface area contributed by atoms with Crippen LogP contribution in [0.3, 0.4) is 0 Å². The molecule has 0 radical (unpaired) electrons. The number of carboxylic acids is 1. The SMILES string of the molecule is COc1c(NC(=O)c2ccc(C)c(-n3nnc(C(=O)O)c3N)c2)cc(C(C)(C)C)cc1NS(C)(=O)=O. The molecule has 3 aromatic rings. The fourth-order valence-electron chi connectivity index (χ4n) is 3.44. The highest BCUT2D eigenvalue weighted by Crippen LogP contribution is 2.39. The van der Waals surface area contributed by atoms with Gasteiger partial charge in [-0.05, 0) is 47.7 Å². The summed E-state index contributed by atoms with van der Waals surface area (Å²) >= 11 is 0. The molecule has 5 N–H and O–H groups in total. The number of nitrogens with two attached hydrogens (primary N) is 1. The van der Waals surface area contributed by atoms with E-state index in [2.05, 4.69) is 20.4 Å². The summed E-state index contributed by atoms with van der Waals surface area (Å²) in [5.41, 5.74) is 7.58. The Kier molecular flexibility index (Phi) is 6.98. The Morgan fingerprint density at radius 2 is 1.78 bits per heavy atom. The summed E-state index contributed by atoms with van der Waals surface area (Å²) in [5.74, 6) is -1.89. The molecule has 36 heavy (non-hydrogen) atoms. The number of aryl methyl sites for hydroxylation is 1. The van der Waals surface area contributed by atoms with Gasteiger partial charge in [0.2, 0.25) is 15.7 Å². The molecule has 0 fully saturated rings. The maximum Gasteiger partial charge on any atom is 0.360 e. The molecule has 0 aliphatic heterocycles. The summed E-state index contributed by atoms with van der Waals surface area (Å²) in [6, 6.07) is 8.11. The van der Waals surface area contributed by atoms with Gasteiger partial charge in [0.05, 0.1) is 30.4 Å². The van der Waals surface area contributed by atoms with Crippen LogP contribution in [0, 0.1) is 6.92 Å². The van der Waals surface area contributed by atoms with E-state index in [0.717, 1.165) is 16.5 Å². The molecular formula is C23H28N6O6S. The van der Waals surface area contributed by atoms with Crippen molar-refractivity contribution in [3.05, 3.63) is 52.7 Å². The van der Waals surface area contributed by atoms with Gasteiger partial charge in [-0.25, -0.2) is 13.2 Å². The quantitative estimate of drug-likeness (QED) is 0.367. The number of methoxy groups -OCH3 is 1. The summed E-state index contributed by atoms with van der Waals surface area (Å²) in [7, 11) is -2.26. The van der Waals surface area contributed by atoms with E-state index in [1.54, 1.807) is 31.2 Å². The number of hydrogen-bond donors (Lipinski definition) is 4. The highest BCUT2D eigenvalue weighted by Gasteiger charge is 2.23. The molecule has 12 nitrogen and oxygen atoms in total. The maximum atomic E-state index is 13.3. The van der Waals surface area contributed by atoms with Crippen LogP contribution in [0.2, 0.25) is 0 Å². The smallest absolute Gasteiger partial charge is 0.360 e. The summed E-state index contributed by atoms with van der Waals surface area (Å²) in [4.78, 5) is 24.5. The Morgan fingerprint density at radius 3 is 2.31 bits per heavy atom. The molecule has 0 aliphatic rings. The van der Waals surface area contributed by atoms with E-state index in [9.17, 15) is 23.1 Å². The van der Waals surface area contributed by atoms with Gasteiger partial charge in [0, 0.05) is 5.56 Å². The third-order valence-corrected chi connectivity index (χ3v) is 5.90. The summed E-state index contributed by atoms with van der Waals surface area (Å²) in [5, 5.41) is 19.4. The lowest BCUT2D eigenvalue weighted by Crippen LogP contribution is -2.18. The van der Waals surface area contributed by atoms with Crippen molar-refractivity contribution >= 4 is 39.1 Å². The number of sulfonamides is 1. The van der Waals surface area contributed by atoms with Crippen molar-refractivity contribution in [3.8, 4) is 11.4 Å². The Bertz CT molecular complexity index is 1460. The molecule has 0 bridgehead atoms. The number of carboxylic acid groups (broad SMARTS) is 1. The number of rotatable bonds is 7. The second kappa shape index (κ2) is 9.49. The van der Waals surface area contributed by atoms with Crippen LogP contribution in [0.4, 0.5) is 17.2 Å². The Hall–Kier alpha value is -4.13. The monoisotopic (exact) mass is 516 g/mol. The number of nitrogen functional groups attached to an aromatic ring is 1. The molecule has 2 aromatic carbocycles. The topological polar surface area (TPSA) is 179 Å². The zero-order chi connectivity index (χ0) is 27.0. The van der Waals surface area contributed by atoms with E-state index in [-0.39, 0.29) is 33.9 Å². The number of anilines is 3. The highest BCUT2D eigenvalue weighted by atomic mass is 32.2. The molecule has 0 atom stereocenters. The molecule has 3 rings (SSSR count). The van der Waals surface area contributed by atoms with Crippen molar-refractivity contribution in [2.24, 2.45) is 0 Å². The highest BCUT2D eigenvalue weighted by molar-refractivity contribution is 7.92. The van der Waals surface area contributed by atoms with Gasteiger partial charge in [0.1, 0.15) is 0 Å². The van der Waals surface area contributed by atoms with Gasteiger partial charge in [0.25, 0.3) is 5.91 Å². The van der Waals surface area contributed by atoms with Gasteiger partial charge in [-0.2, -0.15) is 4.68 Å². The average molecular weight is 517 g/mol. The lowest BCUT2D eigenvalue weighted by molar-refractivity contribution is 0.0691. The van der Waals surface area contributed by atoms with E-state index in [1.165, 1.54) is 13.2 Å². The molecule has 0 spiro atoms. The van der Waals surface area contributed by atoms with E-state index < -0.39 is 27.6 Å². The van der Waals surface area contributed by atoms with Crippen LogP contribution in [0.5, 0.6) is 5.75 Å². The predicted octanol–water partition coefficient (Wildman–Crippen LogP) is 2.79. The third-order valence-electron chi connectivity index (χ3n) is 5.31. The number of ether oxygens (including phenoxy) is 1. The number of carbonyl (C=O) groups excluding carboxylic acids is 1. The molecule has 1 heterocycles. The van der Waals surface area contributed by atoms with E-state index >= 15 is 0 Å². The molecular weight excluding hydrogens is 488 g/mol. The number of hydrogen-bond acceptors (Lipinski definition) is 8. The fraction of sp³-hybridized carbons (Fsp3) is 0.304. The van der Waals surface area contributed by atoms with Gasteiger partial charge >= 0.3 is 5.97 Å². The van der Waals surface area contributed by atoms with Crippen molar-refractivity contribution in [1.29, 1.82) is 0 Å². The number of aromatic nitrogens is 3. The van der Waals surface area contributed by atoms with E-state index in [0.29, 0.717) is 11.3 Å². The number of nitrogens with one attached hydrogen (secondary N) is 2. The van der Waals surface area contributed by atoms with Crippen molar-refractivity contribution in [3.63, 3.8) is 0 Å². The number of nitrogens with zero attached hydrogens (tertiary/aromatic N) is 3. The third kappa shape index (κ3) is 5.57. The van der Waals surface area contributed by atoms with E-state index in [4.69, 9.17) is 10.5 Å². The largest absolute Gasteiger partial charge is 0.492 e. The van der Waals surface area contributed by atoms with Gasteiger partial charge in [-0.3, -0.25) is 9.52 Å². The van der Waals surface area contributed by atoms with Crippen molar-refractivity contribution in [2.75, 3.05) is 29.1 Å². The van der Waals surface area contributed by atoms with Crippen LogP contribution in [0.1, 0.15) is 52.7 Å². The molecule has 192 valence electrons. The predicted molar refractivity (Wildman–Crippen MR) is 136 cm³/mol. The van der Waals surface area contributed by atoms with Crippen LogP contribution >= 0.6 is 0 Å². The number of carbonyl (C=O) groups is 2. The first-order valence-electron chi connectivity index (χ1n) is 10.7. The molecule has 13 heteroatoms. The van der Waals surface area contributed by atoms with Crippen molar-refractivity contribution in [2.45, 2.75) is 33.1 Å². The second-order valence-corrected chi connectivity index (χ2v) is 11.0. The van der Waals surface area contributed by atoms with Crippen LogP contribution in [-0.2, 0) is 15.4 Å². The first-order chi connectivity index (χ1) is 16.6. The lowest BCUT2D eigenvalue weighted by Gasteiger charge is -2.24. The standard InChI is InChI=1S/C23H28N6O6S/c1-12-7-8-13(9-17(12)29-20(24)18(22(31)32)26-28-29)21(30)25-15-10-14(23(2,3)4)11-16(19(15)35-5)27-36(6,33)34/h7-11,27H,24H2,1-6H3,(H,25,30)(H,31,32). The van der Waals surface area contributed by atoms with Crippen LogP contribution < -0.4 is 20.5 Å². The second-order valence-electron chi connectivity index (χ2n) is 9.22. The van der Waals surface area contributed by atoms with Gasteiger partial charge < -0.3 is 20.9 Å². The molecule has 1 aromatic heterocycles. The molecule has 0 aliphatic carbocycles. The Balaban J connectivity index is 2.07. The van der Waals surface area contributed by atoms with Crippen LogP contribution in [0.15, 0.2) is 30.3 Å². The lowest BCUT2D eigenvalue weighted by atomic mass is 9.86. The van der Waals surface area contributed by atoms with Crippen LogP contribution in [-0.4, -0.2) is 53.8 Å². The molecule has 0 unspecified atom stereocenters. The number of amides is 1. The maximum absolute atomic E-state index is 13.3. The summed E-state index contributed by atoms with van der Waals surface area (Å²) in [6.45, 7) is 7.60. The Labute approximate surface area is 208 Å². The minimum absolute atomic E-state index is 0.140. The Morgan fingerprint density at radius 1 is 1.14 bits per heavy atom. The first-order valence-corrected chi connectivity index (χ1v) is 12.6. The zero-order valence-electron chi connectivity index (χ0n) is 20.7. The van der Waals surface area contributed by atoms with Gasteiger partial charge in [0.15, 0.2) is 11.6 Å². The minimum Gasteiger partial charge on any atom is -0.492 e.